The molecule has 0 aliphatic heterocycles. The molecule has 0 atom stereocenters. The molecule has 0 spiro atoms. The minimum absolute atomic E-state index is 0.312. The van der Waals surface area contributed by atoms with Crippen LogP contribution in [-0.4, -0.2) is 19.0 Å². The predicted octanol–water partition coefficient (Wildman–Crippen LogP) is 3.20. The van der Waals surface area contributed by atoms with Gasteiger partial charge in [-0.15, -0.1) is 0 Å². The zero-order chi connectivity index (χ0) is 11.5. The molecule has 1 aromatic carbocycles. The van der Waals surface area contributed by atoms with E-state index in [-0.39, 0.29) is 0 Å². The summed E-state index contributed by atoms with van der Waals surface area (Å²) in [7, 11) is 1.48. The molecule has 0 amide bonds. The van der Waals surface area contributed by atoms with Gasteiger partial charge < -0.3 is 9.47 Å². The molecular formula is C11H9ClFNO2. The number of alkyl halides is 1. The maximum absolute atomic E-state index is 12.2. The van der Waals surface area contributed by atoms with Crippen LogP contribution in [0.3, 0.4) is 0 Å². The summed E-state index contributed by atoms with van der Waals surface area (Å²) in [5.41, 5.74) is 0.676. The van der Waals surface area contributed by atoms with Crippen molar-refractivity contribution in [3.05, 3.63) is 29.4 Å². The summed E-state index contributed by atoms with van der Waals surface area (Å²) in [6.07, 6.45) is 1.60. The maximum Gasteiger partial charge on any atom is 0.228 e. The first kappa shape index (κ1) is 11.0. The Kier molecular flexibility index (Phi) is 3.10. The lowest BCUT2D eigenvalue weighted by atomic mass is 10.2. The van der Waals surface area contributed by atoms with Crippen LogP contribution in [0.5, 0.6) is 11.5 Å². The second-order valence-electron chi connectivity index (χ2n) is 3.07. The highest BCUT2D eigenvalue weighted by molar-refractivity contribution is 6.35. The molecule has 84 valence electrons. The van der Waals surface area contributed by atoms with Gasteiger partial charge in [-0.2, -0.15) is 0 Å². The number of benzene rings is 1. The first-order valence-electron chi connectivity index (χ1n) is 4.57. The summed E-state index contributed by atoms with van der Waals surface area (Å²) in [5.74, 6) is 0.743. The standard InChI is InChI=1S/C11H9ClFNO2/c1-15-10-5-9-7(4-11(10)16-6-13)8(12)2-3-14-9/h2-5H,6H2,1H3. The number of aromatic nitrogens is 1. The quantitative estimate of drug-likeness (QED) is 0.827. The van der Waals surface area contributed by atoms with E-state index in [9.17, 15) is 4.39 Å². The van der Waals surface area contributed by atoms with Crippen LogP contribution in [0.4, 0.5) is 4.39 Å². The van der Waals surface area contributed by atoms with Crippen molar-refractivity contribution in [2.75, 3.05) is 14.0 Å². The molecule has 0 fully saturated rings. The van der Waals surface area contributed by atoms with Crippen LogP contribution in [0, 0.1) is 0 Å². The number of hydrogen-bond acceptors (Lipinski definition) is 3. The van der Waals surface area contributed by atoms with Gasteiger partial charge in [0.15, 0.2) is 11.5 Å². The van der Waals surface area contributed by atoms with Crippen molar-refractivity contribution in [1.29, 1.82) is 0 Å². The van der Waals surface area contributed by atoms with Gasteiger partial charge in [0, 0.05) is 17.6 Å². The molecule has 0 saturated carbocycles. The lowest BCUT2D eigenvalue weighted by Gasteiger charge is -2.09. The highest BCUT2D eigenvalue weighted by atomic mass is 35.5. The van der Waals surface area contributed by atoms with E-state index in [0.717, 1.165) is 0 Å². The van der Waals surface area contributed by atoms with E-state index >= 15 is 0 Å². The van der Waals surface area contributed by atoms with Gasteiger partial charge in [-0.25, -0.2) is 4.39 Å². The van der Waals surface area contributed by atoms with Gasteiger partial charge >= 0.3 is 0 Å². The molecule has 0 N–H and O–H groups in total. The van der Waals surface area contributed by atoms with Gasteiger partial charge in [-0.05, 0) is 12.1 Å². The van der Waals surface area contributed by atoms with Crippen molar-refractivity contribution in [1.82, 2.24) is 4.98 Å². The number of ether oxygens (including phenoxy) is 2. The third-order valence-electron chi connectivity index (χ3n) is 2.18. The van der Waals surface area contributed by atoms with Crippen molar-refractivity contribution in [2.24, 2.45) is 0 Å². The number of halogens is 2. The minimum atomic E-state index is -0.917. The zero-order valence-corrected chi connectivity index (χ0v) is 9.29. The Morgan fingerprint density at radius 1 is 1.38 bits per heavy atom. The molecule has 0 aliphatic rings. The van der Waals surface area contributed by atoms with Crippen LogP contribution >= 0.6 is 11.6 Å². The lowest BCUT2D eigenvalue weighted by molar-refractivity contribution is 0.185. The fourth-order valence-corrected chi connectivity index (χ4v) is 1.66. The molecule has 2 rings (SSSR count). The Balaban J connectivity index is 2.65. The van der Waals surface area contributed by atoms with Crippen molar-refractivity contribution in [3.63, 3.8) is 0 Å². The summed E-state index contributed by atoms with van der Waals surface area (Å²) in [5, 5.41) is 1.24. The molecule has 1 heterocycles. The highest BCUT2D eigenvalue weighted by Gasteiger charge is 2.09. The van der Waals surface area contributed by atoms with E-state index in [2.05, 4.69) is 4.98 Å². The van der Waals surface area contributed by atoms with E-state index in [1.807, 2.05) is 0 Å². The predicted molar refractivity (Wildman–Crippen MR) is 59.9 cm³/mol. The minimum Gasteiger partial charge on any atom is -0.493 e. The Labute approximate surface area is 96.8 Å². The van der Waals surface area contributed by atoms with Crippen molar-refractivity contribution < 1.29 is 13.9 Å². The van der Waals surface area contributed by atoms with E-state index in [1.54, 1.807) is 24.4 Å². The van der Waals surface area contributed by atoms with Crippen LogP contribution < -0.4 is 9.47 Å². The molecule has 3 nitrogen and oxygen atoms in total. The number of pyridine rings is 1. The molecule has 1 aromatic heterocycles. The lowest BCUT2D eigenvalue weighted by Crippen LogP contribution is -1.95. The third-order valence-corrected chi connectivity index (χ3v) is 2.51. The van der Waals surface area contributed by atoms with Gasteiger partial charge in [0.05, 0.1) is 17.6 Å². The fourth-order valence-electron chi connectivity index (χ4n) is 1.45. The summed E-state index contributed by atoms with van der Waals surface area (Å²) < 4.78 is 22.1. The summed E-state index contributed by atoms with van der Waals surface area (Å²) in [6.45, 7) is -0.917. The van der Waals surface area contributed by atoms with Crippen LogP contribution in [0.2, 0.25) is 5.02 Å². The van der Waals surface area contributed by atoms with E-state index in [1.165, 1.54) is 7.11 Å². The number of nitrogens with zero attached hydrogens (tertiary/aromatic N) is 1. The van der Waals surface area contributed by atoms with E-state index < -0.39 is 6.86 Å². The Bertz CT molecular complexity index is 519. The van der Waals surface area contributed by atoms with Crippen molar-refractivity contribution in [3.8, 4) is 11.5 Å². The highest BCUT2D eigenvalue weighted by Crippen LogP contribution is 2.34. The summed E-state index contributed by atoms with van der Waals surface area (Å²) in [6, 6.07) is 4.94. The van der Waals surface area contributed by atoms with Crippen molar-refractivity contribution in [2.45, 2.75) is 0 Å². The maximum atomic E-state index is 12.2. The second-order valence-corrected chi connectivity index (χ2v) is 3.47. The number of methoxy groups -OCH3 is 1. The van der Waals surface area contributed by atoms with Crippen LogP contribution in [-0.2, 0) is 0 Å². The van der Waals surface area contributed by atoms with Gasteiger partial charge in [0.25, 0.3) is 0 Å². The first-order valence-corrected chi connectivity index (χ1v) is 4.95. The molecule has 0 saturated heterocycles. The van der Waals surface area contributed by atoms with Gasteiger partial charge in [-0.1, -0.05) is 11.6 Å². The first-order chi connectivity index (χ1) is 7.76. The topological polar surface area (TPSA) is 31.4 Å². The fraction of sp³-hybridized carbons (Fsp3) is 0.182. The molecule has 2 aromatic rings. The molecule has 0 aliphatic carbocycles. The molecule has 0 unspecified atom stereocenters. The zero-order valence-electron chi connectivity index (χ0n) is 8.54. The van der Waals surface area contributed by atoms with E-state index in [0.29, 0.717) is 27.4 Å². The Morgan fingerprint density at radius 2 is 2.19 bits per heavy atom. The largest absolute Gasteiger partial charge is 0.493 e. The smallest absolute Gasteiger partial charge is 0.228 e. The van der Waals surface area contributed by atoms with Crippen LogP contribution in [0.25, 0.3) is 10.9 Å². The number of fused-ring (bicyclic) bond motifs is 1. The number of hydrogen-bond donors (Lipinski definition) is 0. The van der Waals surface area contributed by atoms with Crippen LogP contribution in [0.1, 0.15) is 0 Å². The van der Waals surface area contributed by atoms with Gasteiger partial charge in [0.2, 0.25) is 6.86 Å². The third kappa shape index (κ3) is 1.88. The van der Waals surface area contributed by atoms with Crippen molar-refractivity contribution >= 4 is 22.5 Å². The monoisotopic (exact) mass is 241 g/mol. The molecule has 0 bridgehead atoms. The van der Waals surface area contributed by atoms with Crippen LogP contribution in [0.15, 0.2) is 24.4 Å². The molecule has 16 heavy (non-hydrogen) atoms. The molecule has 5 heteroatoms. The Hall–Kier alpha value is -1.55. The molecular weight excluding hydrogens is 233 g/mol. The normalized spacial score (nSPS) is 10.4. The number of rotatable bonds is 3. The summed E-state index contributed by atoms with van der Waals surface area (Å²) >= 11 is 5.99. The average molecular weight is 242 g/mol. The second kappa shape index (κ2) is 4.53. The Morgan fingerprint density at radius 3 is 2.88 bits per heavy atom. The average Bonchev–Trinajstić information content (AvgIpc) is 2.30. The SMILES string of the molecule is COc1cc2nccc(Cl)c2cc1OCF. The van der Waals surface area contributed by atoms with Gasteiger partial charge in [-0.3, -0.25) is 4.98 Å². The summed E-state index contributed by atoms with van der Waals surface area (Å²) in [4.78, 5) is 4.14. The van der Waals surface area contributed by atoms with Gasteiger partial charge in [0.1, 0.15) is 0 Å². The van der Waals surface area contributed by atoms with E-state index in [4.69, 9.17) is 21.1 Å². The molecule has 0 radical (unpaired) electrons.